The van der Waals surface area contributed by atoms with Crippen molar-refractivity contribution in [1.29, 1.82) is 0 Å². The summed E-state index contributed by atoms with van der Waals surface area (Å²) in [5.74, 6) is -0.305. The number of carbonyl (C=O) groups excluding carboxylic acids is 1. The van der Waals surface area contributed by atoms with Crippen LogP contribution in [-0.4, -0.2) is 60.5 Å². The molecule has 1 aliphatic rings. The summed E-state index contributed by atoms with van der Waals surface area (Å²) >= 11 is 6.08. The van der Waals surface area contributed by atoms with Crippen LogP contribution in [0.3, 0.4) is 0 Å². The molecule has 0 bridgehead atoms. The summed E-state index contributed by atoms with van der Waals surface area (Å²) in [6, 6.07) is 9.02. The van der Waals surface area contributed by atoms with Gasteiger partial charge in [-0.1, -0.05) is 30.4 Å². The number of aromatic carboxylic acids is 1. The van der Waals surface area contributed by atoms with E-state index < -0.39 is 5.97 Å². The lowest BCUT2D eigenvalue weighted by Crippen LogP contribution is -2.41. The number of carboxylic acids is 1. The maximum atomic E-state index is 11.3. The first-order valence-corrected chi connectivity index (χ1v) is 11.2. The van der Waals surface area contributed by atoms with Crippen molar-refractivity contribution < 1.29 is 19.4 Å². The number of halogens is 1. The number of alkyl halides is 1. The van der Waals surface area contributed by atoms with E-state index in [4.69, 9.17) is 21.4 Å². The molecular weight excluding hydrogens is 428 g/mol. The Bertz CT molecular complexity index is 960. The minimum absolute atomic E-state index is 0.0620. The third kappa shape index (κ3) is 7.84. The van der Waals surface area contributed by atoms with Crippen molar-refractivity contribution in [2.75, 3.05) is 33.3 Å². The quantitative estimate of drug-likeness (QED) is 0.465. The van der Waals surface area contributed by atoms with Crippen molar-refractivity contribution in [2.45, 2.75) is 38.5 Å². The molecule has 2 aromatic rings. The SMILES string of the molecule is C=C(C)CC(=O)NCCN1CCCC(Cl)C1.COc1cc(C(=O)O)c2cccc(C)c2c1. The zero-order valence-corrected chi connectivity index (χ0v) is 19.9. The van der Waals surface area contributed by atoms with Gasteiger partial charge in [-0.3, -0.25) is 4.79 Å². The van der Waals surface area contributed by atoms with Crippen LogP contribution >= 0.6 is 11.6 Å². The van der Waals surface area contributed by atoms with Crippen LogP contribution in [-0.2, 0) is 4.79 Å². The molecule has 0 spiro atoms. The number of fused-ring (bicyclic) bond motifs is 1. The second-order valence-corrected chi connectivity index (χ2v) is 8.79. The highest BCUT2D eigenvalue weighted by molar-refractivity contribution is 6.20. The van der Waals surface area contributed by atoms with Crippen molar-refractivity contribution in [2.24, 2.45) is 0 Å². The van der Waals surface area contributed by atoms with Gasteiger partial charge in [-0.25, -0.2) is 4.79 Å². The summed E-state index contributed by atoms with van der Waals surface area (Å²) in [5, 5.41) is 14.0. The lowest BCUT2D eigenvalue weighted by atomic mass is 10.0. The molecule has 1 aliphatic heterocycles. The standard InChI is InChI=1S/C13H12O3.C12H21ClN2O/c1-8-4-3-5-10-11(8)6-9(16-2)7-12(10)13(14)15;1-10(2)8-12(16)14-5-7-15-6-3-4-11(13)9-15/h3-7H,1-2H3,(H,14,15);11H,1,3-9H2,2H3,(H,14,16). The molecule has 7 heteroatoms. The van der Waals surface area contributed by atoms with Crippen molar-refractivity contribution >= 4 is 34.2 Å². The summed E-state index contributed by atoms with van der Waals surface area (Å²) in [6.07, 6.45) is 2.70. The van der Waals surface area contributed by atoms with Gasteiger partial charge < -0.3 is 20.1 Å². The molecule has 0 radical (unpaired) electrons. The molecule has 2 N–H and O–H groups in total. The molecule has 0 aliphatic carbocycles. The summed E-state index contributed by atoms with van der Waals surface area (Å²) in [4.78, 5) is 24.8. The van der Waals surface area contributed by atoms with E-state index in [1.54, 1.807) is 6.07 Å². The van der Waals surface area contributed by atoms with Gasteiger partial charge in [-0.2, -0.15) is 0 Å². The number of carbonyl (C=O) groups is 2. The highest BCUT2D eigenvalue weighted by atomic mass is 35.5. The molecule has 174 valence electrons. The highest BCUT2D eigenvalue weighted by Gasteiger charge is 2.17. The number of hydrogen-bond donors (Lipinski definition) is 2. The van der Waals surface area contributed by atoms with Crippen LogP contribution in [0.25, 0.3) is 10.8 Å². The van der Waals surface area contributed by atoms with Gasteiger partial charge in [0.25, 0.3) is 0 Å². The number of nitrogens with one attached hydrogen (secondary N) is 1. The summed E-state index contributed by atoms with van der Waals surface area (Å²) in [6.45, 7) is 11.2. The molecule has 32 heavy (non-hydrogen) atoms. The maximum absolute atomic E-state index is 11.3. The van der Waals surface area contributed by atoms with Crippen molar-refractivity contribution in [1.82, 2.24) is 10.2 Å². The van der Waals surface area contributed by atoms with E-state index in [0.29, 0.717) is 18.7 Å². The van der Waals surface area contributed by atoms with Gasteiger partial charge in [-0.05, 0) is 61.7 Å². The lowest BCUT2D eigenvalue weighted by molar-refractivity contribution is -0.120. The van der Waals surface area contributed by atoms with Gasteiger partial charge in [-0.15, -0.1) is 11.6 Å². The van der Waals surface area contributed by atoms with Crippen molar-refractivity contribution in [3.63, 3.8) is 0 Å². The van der Waals surface area contributed by atoms with Gasteiger partial charge in [0, 0.05) is 31.4 Å². The minimum Gasteiger partial charge on any atom is -0.497 e. The smallest absolute Gasteiger partial charge is 0.336 e. The zero-order chi connectivity index (χ0) is 23.7. The number of likely N-dealkylation sites (tertiary alicyclic amines) is 1. The molecule has 3 rings (SSSR count). The number of nitrogens with zero attached hydrogens (tertiary/aromatic N) is 1. The van der Waals surface area contributed by atoms with Gasteiger partial charge >= 0.3 is 5.97 Å². The van der Waals surface area contributed by atoms with Crippen LogP contribution in [0, 0.1) is 6.92 Å². The molecule has 1 heterocycles. The molecule has 1 fully saturated rings. The van der Waals surface area contributed by atoms with Crippen molar-refractivity contribution in [3.8, 4) is 5.75 Å². The predicted molar refractivity (Wildman–Crippen MR) is 130 cm³/mol. The predicted octanol–water partition coefficient (Wildman–Crippen LogP) is 4.63. The largest absolute Gasteiger partial charge is 0.497 e. The van der Waals surface area contributed by atoms with E-state index in [1.807, 2.05) is 38.1 Å². The summed E-state index contributed by atoms with van der Waals surface area (Å²) < 4.78 is 5.10. The first-order chi connectivity index (χ1) is 15.2. The summed E-state index contributed by atoms with van der Waals surface area (Å²) in [7, 11) is 1.53. The second kappa shape index (κ2) is 12.5. The van der Waals surface area contributed by atoms with E-state index in [1.165, 1.54) is 7.11 Å². The van der Waals surface area contributed by atoms with Crippen LogP contribution < -0.4 is 10.1 Å². The zero-order valence-electron chi connectivity index (χ0n) is 19.1. The maximum Gasteiger partial charge on any atom is 0.336 e. The molecule has 1 amide bonds. The van der Waals surface area contributed by atoms with Gasteiger partial charge in [0.1, 0.15) is 5.75 Å². The van der Waals surface area contributed by atoms with Gasteiger partial charge in [0.2, 0.25) is 5.91 Å². The number of carboxylic acid groups (broad SMARTS) is 1. The fourth-order valence-corrected chi connectivity index (χ4v) is 4.05. The third-order valence-corrected chi connectivity index (χ3v) is 5.67. The third-order valence-electron chi connectivity index (χ3n) is 5.31. The number of aryl methyl sites for hydroxylation is 1. The van der Waals surface area contributed by atoms with Crippen LogP contribution in [0.1, 0.15) is 42.1 Å². The fraction of sp³-hybridized carbons (Fsp3) is 0.440. The Hall–Kier alpha value is -2.57. The number of methoxy groups -OCH3 is 1. The van der Waals surface area contributed by atoms with E-state index in [-0.39, 0.29) is 16.8 Å². The van der Waals surface area contributed by atoms with Crippen LogP contribution in [0.5, 0.6) is 5.75 Å². The number of amides is 1. The first kappa shape index (κ1) is 25.7. The average Bonchev–Trinajstić information content (AvgIpc) is 2.73. The minimum atomic E-state index is -0.936. The Labute approximate surface area is 195 Å². The normalized spacial score (nSPS) is 16.1. The monoisotopic (exact) mass is 460 g/mol. The number of hydrogen-bond acceptors (Lipinski definition) is 4. The van der Waals surface area contributed by atoms with Crippen LogP contribution in [0.2, 0.25) is 0 Å². The van der Waals surface area contributed by atoms with Crippen LogP contribution in [0.4, 0.5) is 0 Å². The molecule has 0 saturated carbocycles. The molecule has 1 atom stereocenters. The lowest BCUT2D eigenvalue weighted by Gasteiger charge is -2.29. The Balaban J connectivity index is 0.000000227. The van der Waals surface area contributed by atoms with E-state index >= 15 is 0 Å². The van der Waals surface area contributed by atoms with Gasteiger partial charge in [0.05, 0.1) is 12.7 Å². The molecule has 0 aromatic heterocycles. The van der Waals surface area contributed by atoms with E-state index in [0.717, 1.165) is 54.4 Å². The topological polar surface area (TPSA) is 78.9 Å². The number of benzene rings is 2. The van der Waals surface area contributed by atoms with E-state index in [2.05, 4.69) is 16.8 Å². The number of rotatable bonds is 7. The Morgan fingerprint density at radius 3 is 2.69 bits per heavy atom. The second-order valence-electron chi connectivity index (χ2n) is 8.17. The highest BCUT2D eigenvalue weighted by Crippen LogP contribution is 2.27. The Morgan fingerprint density at radius 2 is 2.06 bits per heavy atom. The Morgan fingerprint density at radius 1 is 1.31 bits per heavy atom. The first-order valence-electron chi connectivity index (χ1n) is 10.8. The fourth-order valence-electron chi connectivity index (χ4n) is 3.70. The molecule has 6 nitrogen and oxygen atoms in total. The molecule has 2 aromatic carbocycles. The van der Waals surface area contributed by atoms with E-state index in [9.17, 15) is 9.59 Å². The Kier molecular flexibility index (Phi) is 10.0. The molecule has 1 unspecified atom stereocenters. The molecule has 1 saturated heterocycles. The van der Waals surface area contributed by atoms with Crippen LogP contribution in [0.15, 0.2) is 42.5 Å². The number of ether oxygens (including phenoxy) is 1. The average molecular weight is 461 g/mol. The van der Waals surface area contributed by atoms with Gasteiger partial charge in [0.15, 0.2) is 0 Å². The number of piperidine rings is 1. The van der Waals surface area contributed by atoms with Crippen molar-refractivity contribution in [3.05, 3.63) is 53.6 Å². The molecular formula is C25H33ClN2O4. The summed E-state index contributed by atoms with van der Waals surface area (Å²) in [5.41, 5.74) is 2.22.